The molecule has 1 amide bonds. The summed E-state index contributed by atoms with van der Waals surface area (Å²) in [6.07, 6.45) is 3.12. The molecule has 1 aliphatic rings. The number of methoxy groups -OCH3 is 1. The van der Waals surface area contributed by atoms with Crippen molar-refractivity contribution in [3.05, 3.63) is 29.1 Å². The van der Waals surface area contributed by atoms with Gasteiger partial charge in [0, 0.05) is 6.20 Å². The Balaban J connectivity index is 2.18. The minimum atomic E-state index is -0.546. The molecule has 1 atom stereocenters. The Labute approximate surface area is 136 Å². The molecule has 0 aliphatic heterocycles. The van der Waals surface area contributed by atoms with Crippen molar-refractivity contribution in [1.29, 1.82) is 0 Å². The van der Waals surface area contributed by atoms with Crippen molar-refractivity contribution < 1.29 is 19.1 Å². The maximum absolute atomic E-state index is 12.1. The van der Waals surface area contributed by atoms with Crippen molar-refractivity contribution in [2.75, 3.05) is 7.11 Å². The predicted molar refractivity (Wildman–Crippen MR) is 85.1 cm³/mol. The SMILES string of the molecule is COC(=O)c1cnc(C(NC(=O)OC(C)(C)C)C2CC2)c(C)c1. The fraction of sp³-hybridized carbons (Fsp3) is 0.588. The molecule has 1 heterocycles. The van der Waals surface area contributed by atoms with Crippen LogP contribution in [-0.4, -0.2) is 29.8 Å². The highest BCUT2D eigenvalue weighted by atomic mass is 16.6. The lowest BCUT2D eigenvalue weighted by molar-refractivity contribution is 0.0494. The van der Waals surface area contributed by atoms with Crippen LogP contribution in [0.5, 0.6) is 0 Å². The standard InChI is InChI=1S/C17H24N2O4/c1-10-8-12(15(20)22-5)9-18-13(10)14(11-6-7-11)19-16(21)23-17(2,3)4/h8-9,11,14H,6-7H2,1-5H3,(H,19,21). The minimum Gasteiger partial charge on any atom is -0.465 e. The quantitative estimate of drug-likeness (QED) is 0.862. The molecule has 0 saturated heterocycles. The Morgan fingerprint density at radius 3 is 2.48 bits per heavy atom. The average Bonchev–Trinajstić information content (AvgIpc) is 3.26. The van der Waals surface area contributed by atoms with Gasteiger partial charge >= 0.3 is 12.1 Å². The molecule has 0 radical (unpaired) electrons. The third-order valence-corrected chi connectivity index (χ3v) is 3.60. The van der Waals surface area contributed by atoms with Crippen LogP contribution in [0.15, 0.2) is 12.3 Å². The van der Waals surface area contributed by atoms with Gasteiger partial charge in [0.05, 0.1) is 24.4 Å². The van der Waals surface area contributed by atoms with Crippen LogP contribution in [0.25, 0.3) is 0 Å². The van der Waals surface area contributed by atoms with E-state index in [1.165, 1.54) is 13.3 Å². The lowest BCUT2D eigenvalue weighted by atomic mass is 10.0. The van der Waals surface area contributed by atoms with Gasteiger partial charge in [0.1, 0.15) is 5.60 Å². The first-order valence-electron chi connectivity index (χ1n) is 7.75. The highest BCUT2D eigenvalue weighted by Gasteiger charge is 2.36. The molecule has 1 unspecified atom stereocenters. The molecular weight excluding hydrogens is 296 g/mol. The van der Waals surface area contributed by atoms with Crippen molar-refractivity contribution >= 4 is 12.1 Å². The smallest absolute Gasteiger partial charge is 0.408 e. The Kier molecular flexibility index (Phi) is 4.92. The summed E-state index contributed by atoms with van der Waals surface area (Å²) >= 11 is 0. The largest absolute Gasteiger partial charge is 0.465 e. The molecule has 126 valence electrons. The van der Waals surface area contributed by atoms with Crippen LogP contribution in [0.3, 0.4) is 0 Å². The van der Waals surface area contributed by atoms with E-state index in [-0.39, 0.29) is 6.04 Å². The number of esters is 1. The summed E-state index contributed by atoms with van der Waals surface area (Å²) in [5.41, 5.74) is 1.47. The molecule has 0 aromatic carbocycles. The number of nitrogens with zero attached hydrogens (tertiary/aromatic N) is 1. The zero-order chi connectivity index (χ0) is 17.2. The van der Waals surface area contributed by atoms with E-state index in [9.17, 15) is 9.59 Å². The molecule has 1 aliphatic carbocycles. The highest BCUT2D eigenvalue weighted by Crippen LogP contribution is 2.41. The van der Waals surface area contributed by atoms with Crippen LogP contribution in [0.2, 0.25) is 0 Å². The van der Waals surface area contributed by atoms with E-state index in [1.54, 1.807) is 6.07 Å². The van der Waals surface area contributed by atoms with E-state index in [0.29, 0.717) is 11.5 Å². The van der Waals surface area contributed by atoms with Gasteiger partial charge in [-0.25, -0.2) is 9.59 Å². The number of alkyl carbamates (subject to hydrolysis) is 1. The van der Waals surface area contributed by atoms with E-state index >= 15 is 0 Å². The number of aryl methyl sites for hydroxylation is 1. The average molecular weight is 320 g/mol. The van der Waals surface area contributed by atoms with Crippen molar-refractivity contribution in [3.63, 3.8) is 0 Å². The second-order valence-corrected chi connectivity index (χ2v) is 6.88. The van der Waals surface area contributed by atoms with Crippen LogP contribution in [-0.2, 0) is 9.47 Å². The van der Waals surface area contributed by atoms with E-state index in [4.69, 9.17) is 9.47 Å². The Morgan fingerprint density at radius 2 is 2.00 bits per heavy atom. The molecular formula is C17H24N2O4. The van der Waals surface area contributed by atoms with Gasteiger partial charge in [-0.2, -0.15) is 0 Å². The number of carbonyl (C=O) groups is 2. The second kappa shape index (κ2) is 6.56. The van der Waals surface area contributed by atoms with E-state index in [0.717, 1.165) is 24.1 Å². The zero-order valence-corrected chi connectivity index (χ0v) is 14.3. The molecule has 1 aromatic rings. The molecule has 1 N–H and O–H groups in total. The van der Waals surface area contributed by atoms with Crippen LogP contribution >= 0.6 is 0 Å². The normalized spacial score (nSPS) is 15.7. The zero-order valence-electron chi connectivity index (χ0n) is 14.3. The van der Waals surface area contributed by atoms with Gasteiger partial charge in [0.2, 0.25) is 0 Å². The number of hydrogen-bond donors (Lipinski definition) is 1. The molecule has 23 heavy (non-hydrogen) atoms. The maximum Gasteiger partial charge on any atom is 0.408 e. The topological polar surface area (TPSA) is 77.5 Å². The molecule has 1 saturated carbocycles. The van der Waals surface area contributed by atoms with Gasteiger partial charge in [0.15, 0.2) is 0 Å². The summed E-state index contributed by atoms with van der Waals surface area (Å²) in [6, 6.07) is 1.54. The second-order valence-electron chi connectivity index (χ2n) is 6.88. The predicted octanol–water partition coefficient (Wildman–Crippen LogP) is 3.15. The van der Waals surface area contributed by atoms with Gasteiger partial charge < -0.3 is 14.8 Å². The van der Waals surface area contributed by atoms with Crippen LogP contribution in [0.1, 0.15) is 61.3 Å². The number of nitrogens with one attached hydrogen (secondary N) is 1. The molecule has 1 aromatic heterocycles. The fourth-order valence-electron chi connectivity index (χ4n) is 2.41. The van der Waals surface area contributed by atoms with E-state index in [2.05, 4.69) is 10.3 Å². The van der Waals surface area contributed by atoms with Gasteiger partial charge in [-0.15, -0.1) is 0 Å². The monoisotopic (exact) mass is 320 g/mol. The molecule has 1 fully saturated rings. The molecule has 0 spiro atoms. The van der Waals surface area contributed by atoms with Crippen molar-refractivity contribution in [2.24, 2.45) is 5.92 Å². The first-order valence-corrected chi connectivity index (χ1v) is 7.75. The first kappa shape index (κ1) is 17.2. The van der Waals surface area contributed by atoms with Crippen LogP contribution in [0.4, 0.5) is 4.79 Å². The molecule has 2 rings (SSSR count). The van der Waals surface area contributed by atoms with E-state index < -0.39 is 17.7 Å². The van der Waals surface area contributed by atoms with E-state index in [1.807, 2.05) is 27.7 Å². The Morgan fingerprint density at radius 1 is 1.35 bits per heavy atom. The Hall–Kier alpha value is -2.11. The van der Waals surface area contributed by atoms with Crippen LogP contribution < -0.4 is 5.32 Å². The number of amides is 1. The number of pyridine rings is 1. The van der Waals surface area contributed by atoms with Gasteiger partial charge in [-0.1, -0.05) is 0 Å². The Bertz CT molecular complexity index is 603. The number of carbonyl (C=O) groups excluding carboxylic acids is 2. The van der Waals surface area contributed by atoms with Gasteiger partial charge in [-0.3, -0.25) is 4.98 Å². The fourth-order valence-corrected chi connectivity index (χ4v) is 2.41. The highest BCUT2D eigenvalue weighted by molar-refractivity contribution is 5.89. The molecule has 0 bridgehead atoms. The molecule has 6 heteroatoms. The summed E-state index contributed by atoms with van der Waals surface area (Å²) in [6.45, 7) is 7.36. The number of aromatic nitrogens is 1. The number of ether oxygens (including phenoxy) is 2. The summed E-state index contributed by atoms with van der Waals surface area (Å²) in [7, 11) is 1.34. The summed E-state index contributed by atoms with van der Waals surface area (Å²) in [5.74, 6) is -0.0621. The van der Waals surface area contributed by atoms with Gasteiger partial charge in [0.25, 0.3) is 0 Å². The lowest BCUT2D eigenvalue weighted by Crippen LogP contribution is -2.36. The summed E-state index contributed by atoms with van der Waals surface area (Å²) in [5, 5.41) is 2.92. The minimum absolute atomic E-state index is 0.198. The number of rotatable bonds is 4. The first-order chi connectivity index (χ1) is 10.7. The van der Waals surface area contributed by atoms with Crippen molar-refractivity contribution in [1.82, 2.24) is 10.3 Å². The summed E-state index contributed by atoms with van der Waals surface area (Å²) < 4.78 is 10.0. The van der Waals surface area contributed by atoms with Crippen LogP contribution in [0, 0.1) is 12.8 Å². The third kappa shape index (κ3) is 4.68. The number of hydrogen-bond acceptors (Lipinski definition) is 5. The third-order valence-electron chi connectivity index (χ3n) is 3.60. The van der Waals surface area contributed by atoms with Crippen molar-refractivity contribution in [3.8, 4) is 0 Å². The maximum atomic E-state index is 12.1. The van der Waals surface area contributed by atoms with Crippen molar-refractivity contribution in [2.45, 2.75) is 52.2 Å². The molecule has 6 nitrogen and oxygen atoms in total. The lowest BCUT2D eigenvalue weighted by Gasteiger charge is -2.24. The summed E-state index contributed by atoms with van der Waals surface area (Å²) in [4.78, 5) is 28.0. The van der Waals surface area contributed by atoms with Gasteiger partial charge in [-0.05, 0) is 58.1 Å².